The van der Waals surface area contributed by atoms with Gasteiger partial charge in [0.15, 0.2) is 6.79 Å². The fourth-order valence-corrected chi connectivity index (χ4v) is 2.26. The summed E-state index contributed by atoms with van der Waals surface area (Å²) in [5.74, 6) is 1.43. The zero-order valence-corrected chi connectivity index (χ0v) is 12.6. The van der Waals surface area contributed by atoms with E-state index >= 15 is 0 Å². The number of rotatable bonds is 5. The van der Waals surface area contributed by atoms with E-state index in [1.54, 1.807) is 14.2 Å². The van der Waals surface area contributed by atoms with Crippen LogP contribution in [0.3, 0.4) is 0 Å². The summed E-state index contributed by atoms with van der Waals surface area (Å²) in [4.78, 5) is 2.72. The molecule has 0 heterocycles. The maximum Gasteiger partial charge on any atom is 0.188 e. The van der Waals surface area contributed by atoms with E-state index in [0.717, 1.165) is 15.0 Å². The number of thiocarbonyl (C=S) groups is 1. The molecule has 0 aliphatic carbocycles. The number of nitrogens with zero attached hydrogens (tertiary/aromatic N) is 1. The second-order valence-corrected chi connectivity index (χ2v) is 5.24. The molecular formula is C12H17NO3S2. The minimum atomic E-state index is 0.190. The zero-order valence-electron chi connectivity index (χ0n) is 10.9. The number of ether oxygens (including phenoxy) is 3. The highest BCUT2D eigenvalue weighted by Crippen LogP contribution is 2.38. The first kappa shape index (κ1) is 15.1. The molecule has 0 bridgehead atoms. The Morgan fingerprint density at radius 2 is 1.94 bits per heavy atom. The topological polar surface area (TPSA) is 30.9 Å². The van der Waals surface area contributed by atoms with Crippen molar-refractivity contribution in [2.24, 2.45) is 0 Å². The van der Waals surface area contributed by atoms with Crippen LogP contribution in [0.15, 0.2) is 23.1 Å². The van der Waals surface area contributed by atoms with Crippen LogP contribution in [0.4, 0.5) is 0 Å². The van der Waals surface area contributed by atoms with Crippen LogP contribution in [0.25, 0.3) is 0 Å². The van der Waals surface area contributed by atoms with Crippen LogP contribution in [-0.2, 0) is 4.74 Å². The van der Waals surface area contributed by atoms with Crippen molar-refractivity contribution in [3.05, 3.63) is 18.2 Å². The zero-order chi connectivity index (χ0) is 13.5. The number of thioether (sulfide) groups is 1. The van der Waals surface area contributed by atoms with E-state index < -0.39 is 0 Å². The van der Waals surface area contributed by atoms with Crippen LogP contribution in [0.2, 0.25) is 0 Å². The predicted octanol–water partition coefficient (Wildman–Crippen LogP) is 2.62. The molecular weight excluding hydrogens is 270 g/mol. The van der Waals surface area contributed by atoms with E-state index in [9.17, 15) is 0 Å². The monoisotopic (exact) mass is 287 g/mol. The molecule has 1 aromatic carbocycles. The highest BCUT2D eigenvalue weighted by Gasteiger charge is 2.14. The van der Waals surface area contributed by atoms with Crippen LogP contribution >= 0.6 is 24.0 Å². The summed E-state index contributed by atoms with van der Waals surface area (Å²) in [6.07, 6.45) is 0. The summed E-state index contributed by atoms with van der Waals surface area (Å²) in [5.41, 5.74) is 0. The molecule has 4 nitrogen and oxygen atoms in total. The predicted molar refractivity (Wildman–Crippen MR) is 77.6 cm³/mol. The van der Waals surface area contributed by atoms with Gasteiger partial charge in [0.2, 0.25) is 0 Å². The Morgan fingerprint density at radius 1 is 1.28 bits per heavy atom. The van der Waals surface area contributed by atoms with Crippen LogP contribution in [-0.4, -0.2) is 44.3 Å². The Balaban J connectivity index is 2.99. The van der Waals surface area contributed by atoms with E-state index in [0.29, 0.717) is 5.75 Å². The largest absolute Gasteiger partial charge is 0.495 e. The molecule has 0 spiro atoms. The Bertz CT molecular complexity index is 410. The van der Waals surface area contributed by atoms with Gasteiger partial charge in [0.25, 0.3) is 0 Å². The van der Waals surface area contributed by atoms with E-state index in [1.165, 1.54) is 11.8 Å². The molecule has 0 amide bonds. The minimum Gasteiger partial charge on any atom is -0.495 e. The summed E-state index contributed by atoms with van der Waals surface area (Å²) in [5, 5.41) is 0. The number of methoxy groups -OCH3 is 2. The lowest BCUT2D eigenvalue weighted by Gasteiger charge is -2.17. The van der Waals surface area contributed by atoms with Gasteiger partial charge < -0.3 is 19.1 Å². The first-order valence-electron chi connectivity index (χ1n) is 5.28. The molecule has 0 aromatic heterocycles. The van der Waals surface area contributed by atoms with Crippen molar-refractivity contribution in [2.75, 3.05) is 35.1 Å². The molecule has 0 radical (unpaired) electrons. The highest BCUT2D eigenvalue weighted by atomic mass is 32.2. The second kappa shape index (κ2) is 7.45. The summed E-state index contributed by atoms with van der Waals surface area (Å²) in [6.45, 7) is 0.190. The average molecular weight is 287 g/mol. The van der Waals surface area contributed by atoms with Crippen LogP contribution in [0.5, 0.6) is 11.5 Å². The standard InChI is InChI=1S/C12H17NO3S2/c1-13(2)12(17)18-11-9(15-4)6-5-7-10(11)16-8-14-3/h5-7H,8H2,1-4H3. The van der Waals surface area contributed by atoms with Gasteiger partial charge >= 0.3 is 0 Å². The van der Waals surface area contributed by atoms with Crippen molar-refractivity contribution in [1.29, 1.82) is 0 Å². The van der Waals surface area contributed by atoms with Gasteiger partial charge in [-0.1, -0.05) is 30.0 Å². The first-order valence-corrected chi connectivity index (χ1v) is 6.50. The fraction of sp³-hybridized carbons (Fsp3) is 0.417. The molecule has 18 heavy (non-hydrogen) atoms. The van der Waals surface area contributed by atoms with Gasteiger partial charge in [0, 0.05) is 21.2 Å². The van der Waals surface area contributed by atoms with Gasteiger partial charge in [-0.3, -0.25) is 0 Å². The van der Waals surface area contributed by atoms with Crippen molar-refractivity contribution in [3.8, 4) is 11.5 Å². The average Bonchev–Trinajstić information content (AvgIpc) is 2.37. The van der Waals surface area contributed by atoms with Crippen molar-refractivity contribution >= 4 is 28.3 Å². The number of hydrogen-bond acceptors (Lipinski definition) is 5. The van der Waals surface area contributed by atoms with Gasteiger partial charge in [0.05, 0.1) is 12.0 Å². The van der Waals surface area contributed by atoms with E-state index in [-0.39, 0.29) is 6.79 Å². The minimum absolute atomic E-state index is 0.190. The fourth-order valence-electron chi connectivity index (χ4n) is 1.17. The molecule has 1 rings (SSSR count). The summed E-state index contributed by atoms with van der Waals surface area (Å²) >= 11 is 6.72. The molecule has 0 fully saturated rings. The third-order valence-electron chi connectivity index (χ3n) is 2.05. The molecule has 0 aliphatic rings. The van der Waals surface area contributed by atoms with Crippen LogP contribution in [0, 0.1) is 0 Å². The van der Waals surface area contributed by atoms with E-state index in [1.807, 2.05) is 37.2 Å². The summed E-state index contributed by atoms with van der Waals surface area (Å²) < 4.78 is 16.5. The molecule has 1 aromatic rings. The van der Waals surface area contributed by atoms with Crippen molar-refractivity contribution in [2.45, 2.75) is 4.90 Å². The van der Waals surface area contributed by atoms with Gasteiger partial charge in [-0.2, -0.15) is 0 Å². The Kier molecular flexibility index (Phi) is 6.24. The maximum absolute atomic E-state index is 5.51. The normalized spacial score (nSPS) is 10.0. The first-order chi connectivity index (χ1) is 8.60. The third-order valence-corrected chi connectivity index (χ3v) is 3.81. The molecule has 0 saturated heterocycles. The molecule has 0 atom stereocenters. The maximum atomic E-state index is 5.51. The molecule has 0 saturated carbocycles. The van der Waals surface area contributed by atoms with Gasteiger partial charge in [-0.25, -0.2) is 0 Å². The van der Waals surface area contributed by atoms with Gasteiger partial charge in [0.1, 0.15) is 15.8 Å². The van der Waals surface area contributed by atoms with E-state index in [2.05, 4.69) is 0 Å². The highest BCUT2D eigenvalue weighted by molar-refractivity contribution is 8.23. The molecule has 100 valence electrons. The van der Waals surface area contributed by atoms with Crippen molar-refractivity contribution in [1.82, 2.24) is 4.90 Å². The Labute approximate surface area is 117 Å². The summed E-state index contributed by atoms with van der Waals surface area (Å²) in [7, 11) is 7.01. The SMILES string of the molecule is COCOc1cccc(OC)c1SC(=S)N(C)C. The summed E-state index contributed by atoms with van der Waals surface area (Å²) in [6, 6.07) is 5.61. The van der Waals surface area contributed by atoms with Gasteiger partial charge in [-0.15, -0.1) is 0 Å². The van der Waals surface area contributed by atoms with E-state index in [4.69, 9.17) is 26.4 Å². The molecule has 6 heteroatoms. The van der Waals surface area contributed by atoms with Crippen LogP contribution in [0.1, 0.15) is 0 Å². The smallest absolute Gasteiger partial charge is 0.188 e. The number of benzene rings is 1. The molecule has 0 unspecified atom stereocenters. The lowest BCUT2D eigenvalue weighted by molar-refractivity contribution is 0.0489. The quantitative estimate of drug-likeness (QED) is 0.470. The molecule has 0 aliphatic heterocycles. The second-order valence-electron chi connectivity index (χ2n) is 3.60. The lowest BCUT2D eigenvalue weighted by Crippen LogP contribution is -2.16. The Morgan fingerprint density at radius 3 is 2.50 bits per heavy atom. The van der Waals surface area contributed by atoms with Gasteiger partial charge in [-0.05, 0) is 12.1 Å². The lowest BCUT2D eigenvalue weighted by atomic mass is 10.3. The third kappa shape index (κ3) is 4.04. The van der Waals surface area contributed by atoms with Crippen molar-refractivity contribution < 1.29 is 14.2 Å². The number of hydrogen-bond donors (Lipinski definition) is 0. The van der Waals surface area contributed by atoms with Crippen molar-refractivity contribution in [3.63, 3.8) is 0 Å². The van der Waals surface area contributed by atoms with Crippen LogP contribution < -0.4 is 9.47 Å². The Hall–Kier alpha value is -0.980. The molecule has 0 N–H and O–H groups in total.